The average molecular weight is 237 g/mol. The maximum Gasteiger partial charge on any atom is 0.00954 e. The molecule has 2 rings (SSSR count). The highest BCUT2D eigenvalue weighted by Crippen LogP contribution is 2.36. The Kier molecular flexibility index (Phi) is 4.52. The van der Waals surface area contributed by atoms with E-state index < -0.39 is 0 Å². The van der Waals surface area contributed by atoms with Crippen LogP contribution < -0.4 is 5.32 Å². The van der Waals surface area contributed by atoms with Crippen LogP contribution in [-0.2, 0) is 0 Å². The smallest absolute Gasteiger partial charge is 0.00954 e. The van der Waals surface area contributed by atoms with Gasteiger partial charge in [0.1, 0.15) is 0 Å². The lowest BCUT2D eigenvalue weighted by atomic mass is 9.74. The number of nitrogens with one attached hydrogen (secondary N) is 1. The van der Waals surface area contributed by atoms with E-state index in [9.17, 15) is 0 Å². The van der Waals surface area contributed by atoms with Crippen molar-refractivity contribution in [3.63, 3.8) is 0 Å². The Bertz CT molecular complexity index is 230. The minimum absolute atomic E-state index is 0.596. The van der Waals surface area contributed by atoms with Crippen molar-refractivity contribution in [3.8, 4) is 0 Å². The molecule has 0 saturated heterocycles. The van der Waals surface area contributed by atoms with Crippen LogP contribution >= 0.6 is 0 Å². The third-order valence-electron chi connectivity index (χ3n) is 5.56. The Hall–Kier alpha value is -0.0400. The fourth-order valence-electron chi connectivity index (χ4n) is 3.83. The van der Waals surface area contributed by atoms with Crippen molar-refractivity contribution >= 4 is 0 Å². The summed E-state index contributed by atoms with van der Waals surface area (Å²) in [6.45, 7) is 8.64. The zero-order chi connectivity index (χ0) is 12.3. The molecule has 2 aliphatic carbocycles. The summed E-state index contributed by atoms with van der Waals surface area (Å²) in [7, 11) is 0. The minimum atomic E-state index is 0.596. The van der Waals surface area contributed by atoms with E-state index in [4.69, 9.17) is 0 Å². The van der Waals surface area contributed by atoms with E-state index in [1.165, 1.54) is 57.9 Å². The fraction of sp³-hybridized carbons (Fsp3) is 1.00. The molecule has 0 aliphatic heterocycles. The molecule has 0 bridgehead atoms. The van der Waals surface area contributed by atoms with Gasteiger partial charge in [0.05, 0.1) is 0 Å². The molecule has 1 heteroatoms. The topological polar surface area (TPSA) is 12.0 Å². The Morgan fingerprint density at radius 1 is 1.00 bits per heavy atom. The normalized spacial score (nSPS) is 37.9. The highest BCUT2D eigenvalue weighted by atomic mass is 14.9. The van der Waals surface area contributed by atoms with Crippen LogP contribution in [0.3, 0.4) is 0 Å². The van der Waals surface area contributed by atoms with E-state index in [0.717, 1.165) is 17.9 Å². The molecule has 3 atom stereocenters. The predicted molar refractivity (Wildman–Crippen MR) is 75.2 cm³/mol. The van der Waals surface area contributed by atoms with Crippen LogP contribution in [0.4, 0.5) is 0 Å². The van der Waals surface area contributed by atoms with E-state index in [2.05, 4.69) is 26.1 Å². The molecule has 0 radical (unpaired) electrons. The molecular weight excluding hydrogens is 206 g/mol. The van der Waals surface area contributed by atoms with Crippen molar-refractivity contribution in [2.24, 2.45) is 17.3 Å². The first-order valence-electron chi connectivity index (χ1n) is 7.84. The van der Waals surface area contributed by atoms with Crippen molar-refractivity contribution in [1.82, 2.24) is 5.32 Å². The standard InChI is InChI=1S/C16H31N/c1-13-8-7-9-15(14(13)2)17-12-16(3)10-5-4-6-11-16/h13-15,17H,4-12H2,1-3H3. The minimum Gasteiger partial charge on any atom is -0.313 e. The van der Waals surface area contributed by atoms with E-state index in [0.29, 0.717) is 5.41 Å². The maximum absolute atomic E-state index is 3.91. The molecule has 0 aromatic heterocycles. The van der Waals surface area contributed by atoms with E-state index in [1.807, 2.05) is 0 Å². The van der Waals surface area contributed by atoms with Crippen molar-refractivity contribution in [2.45, 2.75) is 78.2 Å². The lowest BCUT2D eigenvalue weighted by molar-refractivity contribution is 0.157. The van der Waals surface area contributed by atoms with Gasteiger partial charge in [-0.1, -0.05) is 52.9 Å². The summed E-state index contributed by atoms with van der Waals surface area (Å²) in [5.74, 6) is 1.79. The monoisotopic (exact) mass is 237 g/mol. The first kappa shape index (κ1) is 13.4. The van der Waals surface area contributed by atoms with Gasteiger partial charge < -0.3 is 5.32 Å². The second kappa shape index (κ2) is 5.73. The van der Waals surface area contributed by atoms with Gasteiger partial charge >= 0.3 is 0 Å². The second-order valence-corrected chi connectivity index (χ2v) is 7.13. The third-order valence-corrected chi connectivity index (χ3v) is 5.56. The van der Waals surface area contributed by atoms with Gasteiger partial charge in [0, 0.05) is 12.6 Å². The van der Waals surface area contributed by atoms with Crippen LogP contribution in [0.5, 0.6) is 0 Å². The van der Waals surface area contributed by atoms with Crippen molar-refractivity contribution in [3.05, 3.63) is 0 Å². The molecule has 2 aliphatic rings. The lowest BCUT2D eigenvalue weighted by Gasteiger charge is -2.39. The van der Waals surface area contributed by atoms with Gasteiger partial charge in [0.2, 0.25) is 0 Å². The Morgan fingerprint density at radius 3 is 2.41 bits per heavy atom. The molecule has 17 heavy (non-hydrogen) atoms. The summed E-state index contributed by atoms with van der Waals surface area (Å²) in [6.07, 6.45) is 11.5. The highest BCUT2D eigenvalue weighted by Gasteiger charge is 2.31. The zero-order valence-corrected chi connectivity index (χ0v) is 12.1. The molecule has 0 aromatic carbocycles. The van der Waals surface area contributed by atoms with Crippen molar-refractivity contribution in [2.75, 3.05) is 6.54 Å². The first-order valence-corrected chi connectivity index (χ1v) is 7.84. The Balaban J connectivity index is 1.80. The maximum atomic E-state index is 3.91. The van der Waals surface area contributed by atoms with Gasteiger partial charge in [0.25, 0.3) is 0 Å². The summed E-state index contributed by atoms with van der Waals surface area (Å²) >= 11 is 0. The third kappa shape index (κ3) is 3.47. The average Bonchev–Trinajstić information content (AvgIpc) is 2.32. The van der Waals surface area contributed by atoms with Gasteiger partial charge in [-0.25, -0.2) is 0 Å². The van der Waals surface area contributed by atoms with Gasteiger partial charge in [-0.05, 0) is 36.5 Å². The molecule has 2 fully saturated rings. The molecule has 0 aromatic rings. The summed E-state index contributed by atoms with van der Waals surface area (Å²) < 4.78 is 0. The molecule has 0 amide bonds. The zero-order valence-electron chi connectivity index (χ0n) is 12.1. The van der Waals surface area contributed by atoms with Crippen LogP contribution in [-0.4, -0.2) is 12.6 Å². The Labute approximate surface area is 108 Å². The molecule has 100 valence electrons. The molecule has 3 unspecified atom stereocenters. The largest absolute Gasteiger partial charge is 0.313 e. The molecule has 1 nitrogen and oxygen atoms in total. The van der Waals surface area contributed by atoms with Crippen molar-refractivity contribution in [1.29, 1.82) is 0 Å². The number of hydrogen-bond acceptors (Lipinski definition) is 1. The quantitative estimate of drug-likeness (QED) is 0.768. The SMILES string of the molecule is CC1CCCC(NCC2(C)CCCCC2)C1C. The van der Waals surface area contributed by atoms with Crippen LogP contribution in [0.25, 0.3) is 0 Å². The van der Waals surface area contributed by atoms with E-state index in [1.54, 1.807) is 0 Å². The Morgan fingerprint density at radius 2 is 1.71 bits per heavy atom. The van der Waals surface area contributed by atoms with Crippen molar-refractivity contribution < 1.29 is 0 Å². The molecular formula is C16H31N. The van der Waals surface area contributed by atoms with Gasteiger partial charge in [-0.3, -0.25) is 0 Å². The number of hydrogen-bond donors (Lipinski definition) is 1. The molecule has 2 saturated carbocycles. The van der Waals surface area contributed by atoms with E-state index in [-0.39, 0.29) is 0 Å². The van der Waals surface area contributed by atoms with Crippen LogP contribution in [0.2, 0.25) is 0 Å². The van der Waals surface area contributed by atoms with Crippen LogP contribution in [0.1, 0.15) is 72.1 Å². The predicted octanol–water partition coefficient (Wildman–Crippen LogP) is 4.37. The molecule has 1 N–H and O–H groups in total. The summed E-state index contributed by atoms with van der Waals surface area (Å²) in [5, 5.41) is 3.91. The van der Waals surface area contributed by atoms with Gasteiger partial charge in [-0.15, -0.1) is 0 Å². The fourth-order valence-corrected chi connectivity index (χ4v) is 3.83. The molecule has 0 heterocycles. The highest BCUT2D eigenvalue weighted by molar-refractivity contribution is 4.86. The van der Waals surface area contributed by atoms with Crippen LogP contribution in [0.15, 0.2) is 0 Å². The van der Waals surface area contributed by atoms with Crippen LogP contribution in [0, 0.1) is 17.3 Å². The summed E-state index contributed by atoms with van der Waals surface area (Å²) in [4.78, 5) is 0. The van der Waals surface area contributed by atoms with Gasteiger partial charge in [-0.2, -0.15) is 0 Å². The van der Waals surface area contributed by atoms with E-state index >= 15 is 0 Å². The summed E-state index contributed by atoms with van der Waals surface area (Å²) in [6, 6.07) is 0.789. The summed E-state index contributed by atoms with van der Waals surface area (Å²) in [5.41, 5.74) is 0.596. The second-order valence-electron chi connectivity index (χ2n) is 7.13. The lowest BCUT2D eigenvalue weighted by Crippen LogP contribution is -2.45. The first-order chi connectivity index (χ1) is 8.11. The molecule has 0 spiro atoms. The number of rotatable bonds is 3. The van der Waals surface area contributed by atoms with Gasteiger partial charge in [0.15, 0.2) is 0 Å².